The molecule has 0 unspecified atom stereocenters. The molecule has 1 heterocycles. The minimum absolute atomic E-state index is 0.0320. The maximum Gasteiger partial charge on any atom is 0.187 e. The van der Waals surface area contributed by atoms with Crippen LogP contribution >= 0.6 is 23.2 Å². The van der Waals surface area contributed by atoms with Crippen LogP contribution in [0.3, 0.4) is 0 Å². The minimum Gasteiger partial charge on any atom is -0.491 e. The highest BCUT2D eigenvalue weighted by atomic mass is 35.5. The van der Waals surface area contributed by atoms with Crippen LogP contribution in [0.2, 0.25) is 10.0 Å². The fourth-order valence-electron chi connectivity index (χ4n) is 4.84. The second-order valence-corrected chi connectivity index (χ2v) is 10.5. The normalized spacial score (nSPS) is 19.8. The molecule has 0 amide bonds. The predicted octanol–water partition coefficient (Wildman–Crippen LogP) is 6.07. The molecular weight excluding hydrogens is 509 g/mol. The highest BCUT2D eigenvalue weighted by Gasteiger charge is 2.37. The molecule has 3 aromatic carbocycles. The Morgan fingerprint density at radius 1 is 1.05 bits per heavy atom. The summed E-state index contributed by atoms with van der Waals surface area (Å²) in [7, 11) is 0. The van der Waals surface area contributed by atoms with E-state index in [2.05, 4.69) is 21.6 Å². The summed E-state index contributed by atoms with van der Waals surface area (Å²) >= 11 is 12.9. The molecule has 1 fully saturated rings. The van der Waals surface area contributed by atoms with E-state index in [0.717, 1.165) is 16.8 Å². The molecule has 4 rings (SSSR count). The van der Waals surface area contributed by atoms with E-state index in [1.54, 1.807) is 18.2 Å². The molecule has 0 bridgehead atoms. The zero-order valence-corrected chi connectivity index (χ0v) is 22.5. The molecule has 0 saturated carbocycles. The van der Waals surface area contributed by atoms with Gasteiger partial charge in [-0.25, -0.2) is 4.85 Å². The monoisotopic (exact) mass is 539 g/mol. The molecule has 1 aliphatic heterocycles. The van der Waals surface area contributed by atoms with Gasteiger partial charge in [0.05, 0.1) is 35.5 Å². The first kappa shape index (κ1) is 27.3. The summed E-state index contributed by atoms with van der Waals surface area (Å²) in [6, 6.07) is 20.7. The van der Waals surface area contributed by atoms with Gasteiger partial charge in [-0.05, 0) is 49.2 Å². The van der Waals surface area contributed by atoms with Gasteiger partial charge in [0.15, 0.2) is 5.69 Å². The average Bonchev–Trinajstić information content (AvgIpc) is 2.89. The zero-order chi connectivity index (χ0) is 26.6. The van der Waals surface area contributed by atoms with Crippen LogP contribution in [0.1, 0.15) is 31.0 Å². The van der Waals surface area contributed by atoms with E-state index in [-0.39, 0.29) is 25.3 Å². The Morgan fingerprint density at radius 3 is 2.38 bits per heavy atom. The smallest absolute Gasteiger partial charge is 0.187 e. The molecule has 8 heteroatoms. The van der Waals surface area contributed by atoms with Gasteiger partial charge in [-0.1, -0.05) is 59.6 Å². The lowest BCUT2D eigenvalue weighted by atomic mass is 9.92. The van der Waals surface area contributed by atoms with Gasteiger partial charge in [-0.3, -0.25) is 4.90 Å². The Kier molecular flexibility index (Phi) is 8.63. The molecule has 37 heavy (non-hydrogen) atoms. The van der Waals surface area contributed by atoms with E-state index in [1.165, 1.54) is 0 Å². The van der Waals surface area contributed by atoms with Crippen molar-refractivity contribution in [2.24, 2.45) is 0 Å². The van der Waals surface area contributed by atoms with Crippen LogP contribution in [-0.4, -0.2) is 54.0 Å². The first-order valence-corrected chi connectivity index (χ1v) is 13.0. The van der Waals surface area contributed by atoms with Gasteiger partial charge in [0.2, 0.25) is 0 Å². The van der Waals surface area contributed by atoms with E-state index in [4.69, 9.17) is 39.6 Å². The summed E-state index contributed by atoms with van der Waals surface area (Å²) in [6.07, 6.45) is 0. The summed E-state index contributed by atoms with van der Waals surface area (Å²) in [5.74, 6) is 0.609. The third-order valence-electron chi connectivity index (χ3n) is 6.84. The van der Waals surface area contributed by atoms with Gasteiger partial charge in [-0.2, -0.15) is 0 Å². The van der Waals surface area contributed by atoms with Crippen molar-refractivity contribution in [3.8, 4) is 5.75 Å². The number of hydrogen-bond acceptors (Lipinski definition) is 5. The molecular formula is C29H31Cl2N3O3. The van der Waals surface area contributed by atoms with Crippen LogP contribution in [0, 0.1) is 6.57 Å². The van der Waals surface area contributed by atoms with E-state index in [1.807, 2.05) is 55.5 Å². The summed E-state index contributed by atoms with van der Waals surface area (Å²) in [5, 5.41) is 21.7. The fraction of sp³-hybridized carbons (Fsp3) is 0.345. The number of nitrogens with zero attached hydrogens (tertiary/aromatic N) is 3. The number of halogens is 2. The van der Waals surface area contributed by atoms with Gasteiger partial charge < -0.3 is 19.8 Å². The predicted molar refractivity (Wildman–Crippen MR) is 149 cm³/mol. The van der Waals surface area contributed by atoms with Crippen LogP contribution in [0.25, 0.3) is 4.85 Å². The summed E-state index contributed by atoms with van der Waals surface area (Å²) in [4.78, 5) is 8.04. The quantitative estimate of drug-likeness (QED) is 0.340. The minimum atomic E-state index is -1.09. The third kappa shape index (κ3) is 6.38. The highest BCUT2D eigenvalue weighted by Crippen LogP contribution is 2.39. The van der Waals surface area contributed by atoms with Gasteiger partial charge in [0.1, 0.15) is 12.4 Å². The maximum atomic E-state index is 11.4. The Morgan fingerprint density at radius 2 is 1.76 bits per heavy atom. The van der Waals surface area contributed by atoms with Crippen molar-refractivity contribution in [2.75, 3.05) is 37.7 Å². The average molecular weight is 540 g/mol. The Hall–Kier alpha value is -2.79. The standard InChI is InChI=1S/C29H31Cl2N3O3/c1-20-17-34(27-13-12-25(16-26(27)31)37-15-14-35)28(21-4-8-23(30)9-5-21)18-33(20)19-29(2,36)22-6-10-24(32-3)11-7-22/h4-13,16,20,28,35-36H,14-15,17-19H2,1-2H3/t20-,28+,29-/m1/s1. The summed E-state index contributed by atoms with van der Waals surface area (Å²) < 4.78 is 5.53. The Labute approximate surface area is 228 Å². The first-order chi connectivity index (χ1) is 17.7. The Bertz CT molecular complexity index is 1240. The van der Waals surface area contributed by atoms with Gasteiger partial charge >= 0.3 is 0 Å². The molecule has 0 spiro atoms. The number of hydrogen-bond donors (Lipinski definition) is 2. The van der Waals surface area contributed by atoms with Crippen LogP contribution in [-0.2, 0) is 5.60 Å². The number of ether oxygens (including phenoxy) is 1. The lowest BCUT2D eigenvalue weighted by Crippen LogP contribution is -2.56. The molecule has 1 aliphatic rings. The summed E-state index contributed by atoms with van der Waals surface area (Å²) in [5.41, 5.74) is 2.23. The molecule has 0 aliphatic carbocycles. The van der Waals surface area contributed by atoms with Crippen molar-refractivity contribution >= 4 is 34.6 Å². The molecule has 6 nitrogen and oxygen atoms in total. The van der Waals surface area contributed by atoms with Crippen LogP contribution in [0.4, 0.5) is 11.4 Å². The third-order valence-corrected chi connectivity index (χ3v) is 7.40. The maximum absolute atomic E-state index is 11.4. The molecule has 3 aromatic rings. The van der Waals surface area contributed by atoms with E-state index in [0.29, 0.717) is 41.1 Å². The van der Waals surface area contributed by atoms with Crippen molar-refractivity contribution in [1.82, 2.24) is 4.90 Å². The number of rotatable bonds is 8. The van der Waals surface area contributed by atoms with Crippen LogP contribution in [0.15, 0.2) is 66.7 Å². The SMILES string of the molecule is [C-]#[N+]c1ccc([C@](C)(O)CN2C[C@@H](c3ccc(Cl)cc3)N(c3ccc(OCCO)cc3Cl)C[C@H]2C)cc1. The van der Waals surface area contributed by atoms with Crippen molar-refractivity contribution in [3.05, 3.63) is 99.3 Å². The number of piperazine rings is 1. The second kappa shape index (κ2) is 11.7. The van der Waals surface area contributed by atoms with Crippen molar-refractivity contribution in [3.63, 3.8) is 0 Å². The second-order valence-electron chi connectivity index (χ2n) is 9.62. The number of β-amino-alcohol motifs (C(OH)–C–C–N with tert-alkyl or cyclic N) is 1. The molecule has 194 valence electrons. The van der Waals surface area contributed by atoms with Gasteiger partial charge in [0, 0.05) is 36.8 Å². The number of benzene rings is 3. The van der Waals surface area contributed by atoms with Gasteiger partial charge in [0.25, 0.3) is 0 Å². The van der Waals surface area contributed by atoms with Crippen molar-refractivity contribution in [2.45, 2.75) is 31.5 Å². The van der Waals surface area contributed by atoms with Crippen LogP contribution < -0.4 is 9.64 Å². The van der Waals surface area contributed by atoms with E-state index >= 15 is 0 Å². The fourth-order valence-corrected chi connectivity index (χ4v) is 5.25. The highest BCUT2D eigenvalue weighted by molar-refractivity contribution is 6.33. The molecule has 3 atom stereocenters. The number of aliphatic hydroxyl groups excluding tert-OH is 1. The molecule has 0 aromatic heterocycles. The van der Waals surface area contributed by atoms with E-state index < -0.39 is 5.60 Å². The van der Waals surface area contributed by atoms with Gasteiger partial charge in [-0.15, -0.1) is 0 Å². The number of aliphatic hydroxyl groups is 2. The topological polar surface area (TPSA) is 60.5 Å². The molecule has 0 radical (unpaired) electrons. The first-order valence-electron chi connectivity index (χ1n) is 12.2. The van der Waals surface area contributed by atoms with Crippen molar-refractivity contribution < 1.29 is 14.9 Å². The largest absolute Gasteiger partial charge is 0.491 e. The summed E-state index contributed by atoms with van der Waals surface area (Å²) in [6.45, 7) is 13.1. The molecule has 2 N–H and O–H groups in total. The zero-order valence-electron chi connectivity index (χ0n) is 20.9. The van der Waals surface area contributed by atoms with E-state index in [9.17, 15) is 5.11 Å². The number of anilines is 1. The van der Waals surface area contributed by atoms with Crippen molar-refractivity contribution in [1.29, 1.82) is 0 Å². The van der Waals surface area contributed by atoms with Crippen LogP contribution in [0.5, 0.6) is 5.75 Å². The lowest BCUT2D eigenvalue weighted by molar-refractivity contribution is -0.00367. The lowest BCUT2D eigenvalue weighted by Gasteiger charge is -2.48. The Balaban J connectivity index is 1.63. The molecule has 1 saturated heterocycles.